The van der Waals surface area contributed by atoms with Crippen molar-refractivity contribution >= 4 is 17.5 Å². The highest BCUT2D eigenvalue weighted by Gasteiger charge is 2.34. The predicted molar refractivity (Wildman–Crippen MR) is 109 cm³/mol. The van der Waals surface area contributed by atoms with Gasteiger partial charge in [-0.25, -0.2) is 0 Å². The van der Waals surface area contributed by atoms with Crippen molar-refractivity contribution < 1.29 is 19.1 Å². The molecule has 0 radical (unpaired) electrons. The van der Waals surface area contributed by atoms with E-state index in [1.807, 2.05) is 55.5 Å². The molecule has 0 aliphatic carbocycles. The summed E-state index contributed by atoms with van der Waals surface area (Å²) in [7, 11) is 0. The highest BCUT2D eigenvalue weighted by Crippen LogP contribution is 2.31. The molecule has 2 heterocycles. The Morgan fingerprint density at radius 1 is 0.966 bits per heavy atom. The van der Waals surface area contributed by atoms with Crippen molar-refractivity contribution in [2.75, 3.05) is 38.1 Å². The molecule has 1 fully saturated rings. The van der Waals surface area contributed by atoms with Gasteiger partial charge in [-0.1, -0.05) is 30.3 Å². The van der Waals surface area contributed by atoms with Crippen molar-refractivity contribution in [3.8, 4) is 11.5 Å². The van der Waals surface area contributed by atoms with E-state index in [2.05, 4.69) is 10.2 Å². The van der Waals surface area contributed by atoms with Crippen LogP contribution in [0.15, 0.2) is 54.6 Å². The Hall–Kier alpha value is -3.06. The number of piperazine rings is 1. The Morgan fingerprint density at radius 3 is 2.34 bits per heavy atom. The molecule has 0 unspecified atom stereocenters. The van der Waals surface area contributed by atoms with E-state index in [-0.39, 0.29) is 24.5 Å². The van der Waals surface area contributed by atoms with Crippen LogP contribution in [0.1, 0.15) is 6.92 Å². The maximum Gasteiger partial charge on any atom is 0.267 e. The number of hydrogen-bond acceptors (Lipinski definition) is 5. The minimum atomic E-state index is -0.629. The summed E-state index contributed by atoms with van der Waals surface area (Å²) in [5.41, 5.74) is 0.785. The number of ether oxygens (including phenoxy) is 2. The number of rotatable bonds is 4. The minimum Gasteiger partial charge on any atom is -0.485 e. The van der Waals surface area contributed by atoms with Crippen LogP contribution in [-0.2, 0) is 9.59 Å². The van der Waals surface area contributed by atoms with Crippen molar-refractivity contribution in [3.05, 3.63) is 54.6 Å². The third-order valence-corrected chi connectivity index (χ3v) is 5.38. The molecule has 7 nitrogen and oxygen atoms in total. The van der Waals surface area contributed by atoms with Crippen molar-refractivity contribution in [3.63, 3.8) is 0 Å². The number of nitrogens with zero attached hydrogens (tertiary/aromatic N) is 2. The molecule has 1 saturated heterocycles. The smallest absolute Gasteiger partial charge is 0.267 e. The number of fused-ring (bicyclic) bond motifs is 1. The van der Waals surface area contributed by atoms with E-state index in [0.717, 1.165) is 5.69 Å². The molecule has 2 aromatic rings. The van der Waals surface area contributed by atoms with E-state index in [4.69, 9.17) is 9.47 Å². The standard InChI is InChI=1S/C22H25N3O4/c1-16(21(26)23-17-7-3-2-4-8-17)24-11-13-25(14-12-24)22(27)20-15-28-18-9-5-6-10-19(18)29-20/h2-10,16,20H,11-15H2,1H3,(H,23,26)/t16-,20+/m0/s1. The van der Waals surface area contributed by atoms with Gasteiger partial charge in [0.1, 0.15) is 6.61 Å². The van der Waals surface area contributed by atoms with E-state index in [1.165, 1.54) is 0 Å². The van der Waals surface area contributed by atoms with Gasteiger partial charge in [-0.3, -0.25) is 14.5 Å². The van der Waals surface area contributed by atoms with Crippen molar-refractivity contribution in [2.24, 2.45) is 0 Å². The maximum atomic E-state index is 12.8. The van der Waals surface area contributed by atoms with Gasteiger partial charge in [0, 0.05) is 31.9 Å². The van der Waals surface area contributed by atoms with E-state index < -0.39 is 6.10 Å². The van der Waals surface area contributed by atoms with E-state index in [9.17, 15) is 9.59 Å². The van der Waals surface area contributed by atoms with Crippen LogP contribution in [0.5, 0.6) is 11.5 Å². The van der Waals surface area contributed by atoms with Crippen molar-refractivity contribution in [2.45, 2.75) is 19.1 Å². The first kappa shape index (κ1) is 19.3. The maximum absolute atomic E-state index is 12.8. The van der Waals surface area contributed by atoms with Crippen molar-refractivity contribution in [1.82, 2.24) is 9.80 Å². The SMILES string of the molecule is C[C@@H](C(=O)Nc1ccccc1)N1CCN(C(=O)[C@H]2COc3ccccc3O2)CC1. The number of carbonyl (C=O) groups excluding carboxylic acids is 2. The van der Waals surface area contributed by atoms with Gasteiger partial charge in [0.2, 0.25) is 12.0 Å². The molecule has 2 amide bonds. The summed E-state index contributed by atoms with van der Waals surface area (Å²) >= 11 is 0. The summed E-state index contributed by atoms with van der Waals surface area (Å²) in [4.78, 5) is 29.2. The van der Waals surface area contributed by atoms with Gasteiger partial charge in [0.25, 0.3) is 5.91 Å². The lowest BCUT2D eigenvalue weighted by Gasteiger charge is -2.39. The average Bonchev–Trinajstić information content (AvgIpc) is 2.78. The van der Waals surface area contributed by atoms with Crippen LogP contribution >= 0.6 is 0 Å². The molecular weight excluding hydrogens is 370 g/mol. The summed E-state index contributed by atoms with van der Waals surface area (Å²) in [6, 6.07) is 16.5. The van der Waals surface area contributed by atoms with Crippen LogP contribution in [0.2, 0.25) is 0 Å². The van der Waals surface area contributed by atoms with Gasteiger partial charge in [0.05, 0.1) is 6.04 Å². The Balaban J connectivity index is 1.29. The topological polar surface area (TPSA) is 71.1 Å². The molecule has 0 saturated carbocycles. The number of amides is 2. The molecule has 0 bridgehead atoms. The zero-order chi connectivity index (χ0) is 20.2. The van der Waals surface area contributed by atoms with E-state index in [1.54, 1.807) is 11.0 Å². The van der Waals surface area contributed by atoms with Crippen LogP contribution < -0.4 is 14.8 Å². The van der Waals surface area contributed by atoms with Gasteiger partial charge in [-0.15, -0.1) is 0 Å². The normalized spacial score (nSPS) is 20.0. The zero-order valence-electron chi connectivity index (χ0n) is 16.4. The highest BCUT2D eigenvalue weighted by atomic mass is 16.6. The number of para-hydroxylation sites is 3. The summed E-state index contributed by atoms with van der Waals surface area (Å²) in [5.74, 6) is 1.15. The molecule has 7 heteroatoms. The second-order valence-electron chi connectivity index (χ2n) is 7.26. The van der Waals surface area contributed by atoms with Crippen LogP contribution in [0.4, 0.5) is 5.69 Å². The van der Waals surface area contributed by atoms with E-state index in [0.29, 0.717) is 37.7 Å². The molecule has 29 heavy (non-hydrogen) atoms. The lowest BCUT2D eigenvalue weighted by Crippen LogP contribution is -2.57. The van der Waals surface area contributed by atoms with Gasteiger partial charge in [-0.05, 0) is 31.2 Å². The van der Waals surface area contributed by atoms with Crippen LogP contribution in [0.3, 0.4) is 0 Å². The first-order chi connectivity index (χ1) is 14.1. The Morgan fingerprint density at radius 2 is 1.62 bits per heavy atom. The lowest BCUT2D eigenvalue weighted by molar-refractivity contribution is -0.143. The molecule has 152 valence electrons. The zero-order valence-corrected chi connectivity index (χ0v) is 16.4. The number of carbonyl (C=O) groups is 2. The van der Waals surface area contributed by atoms with Crippen LogP contribution in [-0.4, -0.2) is 66.5 Å². The lowest BCUT2D eigenvalue weighted by atomic mass is 10.2. The fourth-order valence-corrected chi connectivity index (χ4v) is 3.61. The molecule has 2 aliphatic rings. The summed E-state index contributed by atoms with van der Waals surface area (Å²) < 4.78 is 11.5. The number of nitrogens with one attached hydrogen (secondary N) is 1. The van der Waals surface area contributed by atoms with Crippen molar-refractivity contribution in [1.29, 1.82) is 0 Å². The molecular formula is C22H25N3O4. The monoisotopic (exact) mass is 395 g/mol. The summed E-state index contributed by atoms with van der Waals surface area (Å²) in [5, 5.41) is 2.94. The highest BCUT2D eigenvalue weighted by molar-refractivity contribution is 5.94. The van der Waals surface area contributed by atoms with Gasteiger partial charge in [-0.2, -0.15) is 0 Å². The Labute approximate surface area is 170 Å². The number of anilines is 1. The Kier molecular flexibility index (Phi) is 5.67. The summed E-state index contributed by atoms with van der Waals surface area (Å²) in [6.07, 6.45) is -0.629. The molecule has 2 aromatic carbocycles. The van der Waals surface area contributed by atoms with E-state index >= 15 is 0 Å². The minimum absolute atomic E-state index is 0.0448. The fourth-order valence-electron chi connectivity index (χ4n) is 3.61. The largest absolute Gasteiger partial charge is 0.485 e. The molecule has 0 spiro atoms. The fraction of sp³-hybridized carbons (Fsp3) is 0.364. The average molecular weight is 395 g/mol. The molecule has 2 atom stereocenters. The molecule has 2 aliphatic heterocycles. The number of benzene rings is 2. The molecule has 0 aromatic heterocycles. The predicted octanol–water partition coefficient (Wildman–Crippen LogP) is 2.00. The first-order valence-electron chi connectivity index (χ1n) is 9.89. The second kappa shape index (κ2) is 8.53. The quantitative estimate of drug-likeness (QED) is 0.858. The van der Waals surface area contributed by atoms with Gasteiger partial charge < -0.3 is 19.7 Å². The van der Waals surface area contributed by atoms with Gasteiger partial charge >= 0.3 is 0 Å². The number of hydrogen-bond donors (Lipinski definition) is 1. The second-order valence-corrected chi connectivity index (χ2v) is 7.26. The van der Waals surface area contributed by atoms with Crippen LogP contribution in [0.25, 0.3) is 0 Å². The summed E-state index contributed by atoms with van der Waals surface area (Å²) in [6.45, 7) is 4.50. The first-order valence-corrected chi connectivity index (χ1v) is 9.89. The molecule has 1 N–H and O–H groups in total. The van der Waals surface area contributed by atoms with Gasteiger partial charge in [0.15, 0.2) is 11.5 Å². The Bertz CT molecular complexity index is 865. The van der Waals surface area contributed by atoms with Crippen LogP contribution in [0, 0.1) is 0 Å². The molecule has 4 rings (SSSR count). The third-order valence-electron chi connectivity index (χ3n) is 5.38. The third kappa shape index (κ3) is 4.35.